The first-order valence-electron chi connectivity index (χ1n) is 7.10. The van der Waals surface area contributed by atoms with Crippen molar-refractivity contribution in [1.82, 2.24) is 9.80 Å². The number of nitro groups is 1. The quantitative estimate of drug-likeness (QED) is 0.509. The Morgan fingerprint density at radius 2 is 2.19 bits per heavy atom. The van der Waals surface area contributed by atoms with Gasteiger partial charge in [-0.25, -0.2) is 0 Å². The Labute approximate surface area is 122 Å². The molecule has 1 unspecified atom stereocenters. The number of fused-ring (bicyclic) bond motifs is 1. The maximum atomic E-state index is 11.7. The highest BCUT2D eigenvalue weighted by Crippen LogP contribution is 2.28. The third-order valence-corrected chi connectivity index (χ3v) is 4.34. The lowest BCUT2D eigenvalue weighted by molar-refractivity contribution is -0.384. The number of nitro benzene ring substituents is 1. The summed E-state index contributed by atoms with van der Waals surface area (Å²) >= 11 is 0. The summed E-state index contributed by atoms with van der Waals surface area (Å²) in [5.74, 6) is 0.245. The average molecular weight is 290 g/mol. The lowest BCUT2D eigenvalue weighted by Gasteiger charge is -2.37. The summed E-state index contributed by atoms with van der Waals surface area (Å²) in [7, 11) is 0. The second kappa shape index (κ2) is 5.33. The number of nitrogen functional groups attached to an aromatic ring is 1. The van der Waals surface area contributed by atoms with Crippen molar-refractivity contribution in [2.24, 2.45) is 0 Å². The average Bonchev–Trinajstić information content (AvgIpc) is 2.82. The Bertz CT molecular complexity index is 590. The van der Waals surface area contributed by atoms with Crippen LogP contribution in [0.5, 0.6) is 0 Å². The van der Waals surface area contributed by atoms with Crippen LogP contribution in [0.2, 0.25) is 0 Å². The van der Waals surface area contributed by atoms with E-state index in [1.807, 2.05) is 11.0 Å². The number of hydrogen-bond acceptors (Lipinski definition) is 5. The van der Waals surface area contributed by atoms with E-state index in [1.54, 1.807) is 6.07 Å². The molecule has 2 aliphatic heterocycles. The van der Waals surface area contributed by atoms with Gasteiger partial charge >= 0.3 is 0 Å². The van der Waals surface area contributed by atoms with E-state index in [2.05, 4.69) is 4.90 Å². The van der Waals surface area contributed by atoms with E-state index in [4.69, 9.17) is 5.73 Å². The predicted octanol–water partition coefficient (Wildman–Crippen LogP) is 0.984. The van der Waals surface area contributed by atoms with Crippen LogP contribution < -0.4 is 5.73 Å². The molecule has 1 aromatic carbocycles. The molecule has 1 aromatic rings. The zero-order chi connectivity index (χ0) is 15.0. The number of nitrogens with zero attached hydrogens (tertiary/aromatic N) is 3. The van der Waals surface area contributed by atoms with Gasteiger partial charge in [-0.1, -0.05) is 12.1 Å². The number of carbonyl (C=O) groups is 1. The van der Waals surface area contributed by atoms with E-state index < -0.39 is 4.92 Å². The number of piperazine rings is 1. The van der Waals surface area contributed by atoms with Crippen LogP contribution in [0.1, 0.15) is 18.4 Å². The number of anilines is 1. The smallest absolute Gasteiger partial charge is 0.292 e. The second-order valence-corrected chi connectivity index (χ2v) is 5.62. The molecule has 2 saturated heterocycles. The van der Waals surface area contributed by atoms with E-state index in [-0.39, 0.29) is 23.3 Å². The van der Waals surface area contributed by atoms with Gasteiger partial charge in [0.15, 0.2) is 0 Å². The van der Waals surface area contributed by atoms with Crippen molar-refractivity contribution in [1.29, 1.82) is 0 Å². The highest BCUT2D eigenvalue weighted by Gasteiger charge is 2.35. The zero-order valence-electron chi connectivity index (χ0n) is 11.7. The zero-order valence-corrected chi connectivity index (χ0v) is 11.7. The molecule has 0 saturated carbocycles. The Morgan fingerprint density at radius 3 is 2.95 bits per heavy atom. The van der Waals surface area contributed by atoms with Crippen molar-refractivity contribution in [3.8, 4) is 0 Å². The molecule has 2 N–H and O–H groups in total. The third-order valence-electron chi connectivity index (χ3n) is 4.34. The Morgan fingerprint density at radius 1 is 1.38 bits per heavy atom. The largest absolute Gasteiger partial charge is 0.393 e. The van der Waals surface area contributed by atoms with Crippen LogP contribution in [-0.4, -0.2) is 46.3 Å². The third kappa shape index (κ3) is 2.56. The highest BCUT2D eigenvalue weighted by molar-refractivity contribution is 5.79. The molecule has 0 aromatic heterocycles. The first kappa shape index (κ1) is 13.8. The van der Waals surface area contributed by atoms with Gasteiger partial charge in [0.2, 0.25) is 5.91 Å². The molecule has 112 valence electrons. The molecular weight excluding hydrogens is 272 g/mol. The van der Waals surface area contributed by atoms with Gasteiger partial charge in [0.25, 0.3) is 5.69 Å². The molecule has 0 spiro atoms. The molecule has 2 heterocycles. The number of nitrogens with two attached hydrogens (primary N) is 1. The molecule has 3 rings (SSSR count). The normalized spacial score (nSPS) is 22.4. The van der Waals surface area contributed by atoms with Crippen LogP contribution in [-0.2, 0) is 11.3 Å². The Kier molecular flexibility index (Phi) is 3.50. The van der Waals surface area contributed by atoms with E-state index in [1.165, 1.54) is 6.07 Å². The van der Waals surface area contributed by atoms with E-state index >= 15 is 0 Å². The molecule has 2 fully saturated rings. The topological polar surface area (TPSA) is 92.7 Å². The monoisotopic (exact) mass is 290 g/mol. The standard InChI is InChI=1S/C14H18N4O3/c15-14-10(2-1-3-12(14)18(20)21)8-16-6-7-17-11(9-16)4-5-13(17)19/h1-3,11H,4-9,15H2. The molecule has 21 heavy (non-hydrogen) atoms. The summed E-state index contributed by atoms with van der Waals surface area (Å²) in [5, 5.41) is 10.9. The first-order valence-corrected chi connectivity index (χ1v) is 7.10. The van der Waals surface area contributed by atoms with Gasteiger partial charge in [-0.2, -0.15) is 0 Å². The molecule has 7 heteroatoms. The van der Waals surface area contributed by atoms with Crippen LogP contribution >= 0.6 is 0 Å². The van der Waals surface area contributed by atoms with Gasteiger partial charge in [-0.15, -0.1) is 0 Å². The number of hydrogen-bond donors (Lipinski definition) is 1. The second-order valence-electron chi connectivity index (χ2n) is 5.62. The van der Waals surface area contributed by atoms with Crippen molar-refractivity contribution in [2.45, 2.75) is 25.4 Å². The van der Waals surface area contributed by atoms with Gasteiger partial charge in [0, 0.05) is 44.7 Å². The van der Waals surface area contributed by atoms with Crippen molar-refractivity contribution >= 4 is 17.3 Å². The minimum absolute atomic E-state index is 0.0396. The van der Waals surface area contributed by atoms with Crippen LogP contribution in [0, 0.1) is 10.1 Å². The maximum Gasteiger partial charge on any atom is 0.292 e. The summed E-state index contributed by atoms with van der Waals surface area (Å²) in [4.78, 5) is 26.3. The van der Waals surface area contributed by atoms with Gasteiger partial charge in [0.1, 0.15) is 5.69 Å². The molecule has 7 nitrogen and oxygen atoms in total. The number of carbonyl (C=O) groups excluding carboxylic acids is 1. The fourth-order valence-electron chi connectivity index (χ4n) is 3.21. The molecule has 0 aliphatic carbocycles. The maximum absolute atomic E-state index is 11.7. The summed E-state index contributed by atoms with van der Waals surface area (Å²) < 4.78 is 0. The van der Waals surface area contributed by atoms with Crippen molar-refractivity contribution < 1.29 is 9.72 Å². The van der Waals surface area contributed by atoms with Gasteiger partial charge in [0.05, 0.1) is 4.92 Å². The lowest BCUT2D eigenvalue weighted by atomic mass is 10.1. The highest BCUT2D eigenvalue weighted by atomic mass is 16.6. The van der Waals surface area contributed by atoms with Gasteiger partial charge < -0.3 is 10.6 Å². The van der Waals surface area contributed by atoms with E-state index in [0.29, 0.717) is 13.0 Å². The van der Waals surface area contributed by atoms with Crippen molar-refractivity contribution in [3.63, 3.8) is 0 Å². The SMILES string of the molecule is Nc1c(CN2CCN3C(=O)CCC3C2)cccc1[N+](=O)[O-]. The fourth-order valence-corrected chi connectivity index (χ4v) is 3.21. The number of rotatable bonds is 3. The summed E-state index contributed by atoms with van der Waals surface area (Å²) in [6.07, 6.45) is 1.54. The van der Waals surface area contributed by atoms with Crippen LogP contribution in [0.4, 0.5) is 11.4 Å². The lowest BCUT2D eigenvalue weighted by Crippen LogP contribution is -2.50. The predicted molar refractivity (Wildman–Crippen MR) is 77.5 cm³/mol. The van der Waals surface area contributed by atoms with Crippen LogP contribution in [0.3, 0.4) is 0 Å². The summed E-state index contributed by atoms with van der Waals surface area (Å²) in [5.41, 5.74) is 6.88. The number of para-hydroxylation sites is 1. The first-order chi connectivity index (χ1) is 10.1. The van der Waals surface area contributed by atoms with E-state index in [9.17, 15) is 14.9 Å². The van der Waals surface area contributed by atoms with E-state index in [0.717, 1.165) is 31.6 Å². The van der Waals surface area contributed by atoms with Crippen molar-refractivity contribution in [3.05, 3.63) is 33.9 Å². The molecule has 0 bridgehead atoms. The van der Waals surface area contributed by atoms with Gasteiger partial charge in [-0.3, -0.25) is 19.8 Å². The van der Waals surface area contributed by atoms with Crippen LogP contribution in [0.15, 0.2) is 18.2 Å². The van der Waals surface area contributed by atoms with Gasteiger partial charge in [-0.05, 0) is 12.0 Å². The summed E-state index contributed by atoms with van der Waals surface area (Å²) in [6, 6.07) is 5.20. The molecule has 0 radical (unpaired) electrons. The number of benzene rings is 1. The molecular formula is C14H18N4O3. The number of amides is 1. The van der Waals surface area contributed by atoms with Crippen LogP contribution in [0.25, 0.3) is 0 Å². The summed E-state index contributed by atoms with van der Waals surface area (Å²) in [6.45, 7) is 2.92. The Balaban J connectivity index is 1.72. The molecule has 2 aliphatic rings. The molecule has 1 amide bonds. The van der Waals surface area contributed by atoms with Crippen molar-refractivity contribution in [2.75, 3.05) is 25.4 Å². The molecule has 1 atom stereocenters. The minimum atomic E-state index is -0.452. The Hall–Kier alpha value is -2.15. The fraction of sp³-hybridized carbons (Fsp3) is 0.500. The minimum Gasteiger partial charge on any atom is -0.393 e.